The van der Waals surface area contributed by atoms with Crippen molar-refractivity contribution in [3.8, 4) is 0 Å². The molecule has 0 radical (unpaired) electrons. The maximum atomic E-state index is 13.4. The molecule has 5 nitrogen and oxygen atoms in total. The van der Waals surface area contributed by atoms with E-state index in [2.05, 4.69) is 0 Å². The molecule has 1 aliphatic heterocycles. The normalized spacial score (nSPS) is 21.5. The number of benzene rings is 1. The van der Waals surface area contributed by atoms with Crippen LogP contribution >= 0.6 is 0 Å². The first-order valence-corrected chi connectivity index (χ1v) is 7.43. The van der Waals surface area contributed by atoms with Crippen molar-refractivity contribution in [3.05, 3.63) is 23.5 Å². The molecule has 0 saturated carbocycles. The van der Waals surface area contributed by atoms with Gasteiger partial charge in [0.15, 0.2) is 0 Å². The molecule has 7 heteroatoms. The van der Waals surface area contributed by atoms with E-state index in [1.165, 1.54) is 17.3 Å². The van der Waals surface area contributed by atoms with Crippen LogP contribution in [0.5, 0.6) is 0 Å². The van der Waals surface area contributed by atoms with E-state index in [0.717, 1.165) is 6.07 Å². The summed E-state index contributed by atoms with van der Waals surface area (Å²) in [5.41, 5.74) is 5.56. The van der Waals surface area contributed by atoms with Crippen molar-refractivity contribution in [2.75, 3.05) is 25.4 Å². The summed E-state index contributed by atoms with van der Waals surface area (Å²) in [6, 6.07) is 2.47. The third-order valence-electron chi connectivity index (χ3n) is 3.10. The highest BCUT2D eigenvalue weighted by atomic mass is 32.2. The molecule has 0 amide bonds. The van der Waals surface area contributed by atoms with Crippen molar-refractivity contribution in [1.29, 1.82) is 0 Å². The van der Waals surface area contributed by atoms with Gasteiger partial charge in [-0.2, -0.15) is 4.31 Å². The fourth-order valence-electron chi connectivity index (χ4n) is 2.07. The molecule has 1 fully saturated rings. The van der Waals surface area contributed by atoms with E-state index in [-0.39, 0.29) is 22.3 Å². The Hall–Kier alpha value is -1.18. The highest BCUT2D eigenvalue weighted by Gasteiger charge is 2.29. The minimum atomic E-state index is -3.65. The van der Waals surface area contributed by atoms with Crippen LogP contribution in [-0.2, 0) is 14.8 Å². The van der Waals surface area contributed by atoms with E-state index in [1.807, 2.05) is 6.92 Å². The minimum Gasteiger partial charge on any atom is -0.396 e. The Morgan fingerprint density at radius 3 is 2.74 bits per heavy atom. The largest absolute Gasteiger partial charge is 0.396 e. The van der Waals surface area contributed by atoms with Crippen LogP contribution in [0, 0.1) is 12.7 Å². The van der Waals surface area contributed by atoms with Gasteiger partial charge < -0.3 is 10.5 Å². The van der Waals surface area contributed by atoms with Crippen LogP contribution < -0.4 is 5.73 Å². The maximum Gasteiger partial charge on any atom is 0.243 e. The smallest absolute Gasteiger partial charge is 0.243 e. The fraction of sp³-hybridized carbons (Fsp3) is 0.500. The quantitative estimate of drug-likeness (QED) is 0.828. The first-order valence-electron chi connectivity index (χ1n) is 5.99. The second-order valence-corrected chi connectivity index (χ2v) is 6.63. The summed E-state index contributed by atoms with van der Waals surface area (Å²) in [4.78, 5) is 0.0259. The number of rotatable bonds is 2. The molecule has 1 unspecified atom stereocenters. The number of nitrogens with two attached hydrogens (primary N) is 1. The first kappa shape index (κ1) is 14.2. The number of morpholine rings is 1. The van der Waals surface area contributed by atoms with Crippen molar-refractivity contribution < 1.29 is 17.5 Å². The van der Waals surface area contributed by atoms with Crippen LogP contribution in [-0.4, -0.2) is 38.5 Å². The van der Waals surface area contributed by atoms with Gasteiger partial charge in [0.1, 0.15) is 5.82 Å². The lowest BCUT2D eigenvalue weighted by molar-refractivity contribution is 0.0102. The molecule has 0 aliphatic carbocycles. The number of hydrogen-bond acceptors (Lipinski definition) is 4. The molecule has 1 aliphatic rings. The molecule has 1 aromatic rings. The predicted molar refractivity (Wildman–Crippen MR) is 69.7 cm³/mol. The predicted octanol–water partition coefficient (Wildman–Crippen LogP) is 1.13. The minimum absolute atomic E-state index is 0.0259. The number of sulfonamides is 1. The summed E-state index contributed by atoms with van der Waals surface area (Å²) >= 11 is 0. The number of nitrogen functional groups attached to an aromatic ring is 1. The summed E-state index contributed by atoms with van der Waals surface area (Å²) in [7, 11) is -3.65. The van der Waals surface area contributed by atoms with Crippen LogP contribution in [0.25, 0.3) is 0 Å². The van der Waals surface area contributed by atoms with E-state index < -0.39 is 15.8 Å². The summed E-state index contributed by atoms with van der Waals surface area (Å²) < 4.78 is 45.0. The Morgan fingerprint density at radius 2 is 2.16 bits per heavy atom. The molecule has 1 atom stereocenters. The highest BCUT2D eigenvalue weighted by Crippen LogP contribution is 2.24. The number of anilines is 1. The van der Waals surface area contributed by atoms with Gasteiger partial charge in [-0.1, -0.05) is 0 Å². The van der Waals surface area contributed by atoms with Gasteiger partial charge in [0.05, 0.1) is 23.3 Å². The molecule has 0 bridgehead atoms. The second kappa shape index (κ2) is 5.07. The molecule has 1 heterocycles. The van der Waals surface area contributed by atoms with Gasteiger partial charge in [-0.05, 0) is 31.5 Å². The average molecular weight is 288 g/mol. The third kappa shape index (κ3) is 2.72. The molecule has 19 heavy (non-hydrogen) atoms. The monoisotopic (exact) mass is 288 g/mol. The third-order valence-corrected chi connectivity index (χ3v) is 4.94. The van der Waals surface area contributed by atoms with Crippen LogP contribution in [0.15, 0.2) is 17.0 Å². The topological polar surface area (TPSA) is 72.6 Å². The van der Waals surface area contributed by atoms with Crippen LogP contribution in [0.3, 0.4) is 0 Å². The number of halogens is 1. The molecule has 0 aromatic heterocycles. The van der Waals surface area contributed by atoms with Crippen LogP contribution in [0.1, 0.15) is 12.5 Å². The van der Waals surface area contributed by atoms with Gasteiger partial charge in [-0.25, -0.2) is 12.8 Å². The van der Waals surface area contributed by atoms with Gasteiger partial charge in [-0.15, -0.1) is 0 Å². The van der Waals surface area contributed by atoms with E-state index in [1.54, 1.807) is 0 Å². The van der Waals surface area contributed by atoms with Gasteiger partial charge in [0.2, 0.25) is 10.0 Å². The zero-order valence-electron chi connectivity index (χ0n) is 10.9. The zero-order valence-corrected chi connectivity index (χ0v) is 11.7. The van der Waals surface area contributed by atoms with Crippen molar-refractivity contribution >= 4 is 15.7 Å². The highest BCUT2D eigenvalue weighted by molar-refractivity contribution is 7.89. The lowest BCUT2D eigenvalue weighted by atomic mass is 10.2. The zero-order chi connectivity index (χ0) is 14.2. The van der Waals surface area contributed by atoms with Crippen molar-refractivity contribution in [3.63, 3.8) is 0 Å². The first-order chi connectivity index (χ1) is 8.82. The van der Waals surface area contributed by atoms with Crippen LogP contribution in [0.4, 0.5) is 10.1 Å². The Morgan fingerprint density at radius 1 is 1.47 bits per heavy atom. The Labute approximate surface area is 112 Å². The molecule has 2 N–H and O–H groups in total. The Bertz CT molecular complexity index is 566. The lowest BCUT2D eigenvalue weighted by Crippen LogP contribution is -2.44. The molecule has 2 rings (SSSR count). The molecule has 1 saturated heterocycles. The lowest BCUT2D eigenvalue weighted by Gasteiger charge is -2.30. The van der Waals surface area contributed by atoms with Gasteiger partial charge in [-0.3, -0.25) is 0 Å². The standard InChI is InChI=1S/C12H17FN2O3S/c1-8-5-10(6-11(14)12(8)13)19(16,17)15-3-4-18-9(2)7-15/h5-6,9H,3-4,7,14H2,1-2H3. The van der Waals surface area contributed by atoms with Gasteiger partial charge >= 0.3 is 0 Å². The molecular formula is C12H17FN2O3S. The Kier molecular flexibility index (Phi) is 3.80. The number of aryl methyl sites for hydroxylation is 1. The van der Waals surface area contributed by atoms with Gasteiger partial charge in [0, 0.05) is 13.1 Å². The van der Waals surface area contributed by atoms with Crippen molar-refractivity contribution in [1.82, 2.24) is 4.31 Å². The summed E-state index contributed by atoms with van der Waals surface area (Å²) in [5, 5.41) is 0. The fourth-order valence-corrected chi connectivity index (χ4v) is 3.69. The van der Waals surface area contributed by atoms with Crippen molar-refractivity contribution in [2.45, 2.75) is 24.8 Å². The SMILES string of the molecule is Cc1cc(S(=O)(=O)N2CCOC(C)C2)cc(N)c1F. The summed E-state index contributed by atoms with van der Waals surface area (Å²) in [6.07, 6.45) is -0.151. The average Bonchev–Trinajstić information content (AvgIpc) is 2.35. The van der Waals surface area contributed by atoms with E-state index in [4.69, 9.17) is 10.5 Å². The maximum absolute atomic E-state index is 13.4. The summed E-state index contributed by atoms with van der Waals surface area (Å²) in [5.74, 6) is -0.575. The second-order valence-electron chi connectivity index (χ2n) is 4.69. The number of ether oxygens (including phenoxy) is 1. The van der Waals surface area contributed by atoms with E-state index in [9.17, 15) is 12.8 Å². The van der Waals surface area contributed by atoms with Crippen LogP contribution in [0.2, 0.25) is 0 Å². The van der Waals surface area contributed by atoms with Crippen molar-refractivity contribution in [2.24, 2.45) is 0 Å². The molecule has 106 valence electrons. The Balaban J connectivity index is 2.39. The molecule has 0 spiro atoms. The molecule has 1 aromatic carbocycles. The number of hydrogen-bond donors (Lipinski definition) is 1. The number of nitrogens with zero attached hydrogens (tertiary/aromatic N) is 1. The van der Waals surface area contributed by atoms with E-state index >= 15 is 0 Å². The van der Waals surface area contributed by atoms with E-state index in [0.29, 0.717) is 19.7 Å². The molecular weight excluding hydrogens is 271 g/mol. The summed E-state index contributed by atoms with van der Waals surface area (Å²) in [6.45, 7) is 4.25. The van der Waals surface area contributed by atoms with Gasteiger partial charge in [0.25, 0.3) is 0 Å².